The molecule has 3 heterocycles. The Bertz CT molecular complexity index is 1170. The number of benzene rings is 1. The van der Waals surface area contributed by atoms with Crippen LogP contribution in [-0.2, 0) is 6.54 Å². The summed E-state index contributed by atoms with van der Waals surface area (Å²) in [5.74, 6) is 0.0901. The third kappa shape index (κ3) is 3.44. The fourth-order valence-electron chi connectivity index (χ4n) is 2.96. The predicted molar refractivity (Wildman–Crippen MR) is 110 cm³/mol. The molecule has 4 rings (SSSR count). The van der Waals surface area contributed by atoms with E-state index in [1.807, 2.05) is 22.9 Å². The van der Waals surface area contributed by atoms with Crippen LogP contribution in [0.3, 0.4) is 0 Å². The van der Waals surface area contributed by atoms with E-state index in [-0.39, 0.29) is 0 Å². The maximum absolute atomic E-state index is 11.9. The lowest BCUT2D eigenvalue weighted by atomic mass is 10.2. The van der Waals surface area contributed by atoms with E-state index >= 15 is 0 Å². The van der Waals surface area contributed by atoms with Crippen LogP contribution < -0.4 is 5.73 Å². The van der Waals surface area contributed by atoms with E-state index < -0.39 is 5.91 Å². The highest BCUT2D eigenvalue weighted by atomic mass is 35.5. The van der Waals surface area contributed by atoms with Crippen LogP contribution in [0, 0.1) is 6.92 Å². The van der Waals surface area contributed by atoms with Gasteiger partial charge in [-0.3, -0.25) is 4.79 Å². The Morgan fingerprint density at radius 1 is 1.29 bits per heavy atom. The number of rotatable bonds is 5. The standard InChI is InChI=1S/C19H14Cl2N4O2S/c1-10-13(18(22)26)7-16(15-9-28-19(24-15)17-4-5-23-27-17)25(10)8-11-2-3-12(20)6-14(11)21/h2-7,9H,8H2,1H3,(H2,22,26). The highest BCUT2D eigenvalue weighted by Gasteiger charge is 2.20. The third-order valence-electron chi connectivity index (χ3n) is 4.39. The van der Waals surface area contributed by atoms with Gasteiger partial charge in [0.05, 0.1) is 23.1 Å². The van der Waals surface area contributed by atoms with Gasteiger partial charge in [-0.25, -0.2) is 4.98 Å². The van der Waals surface area contributed by atoms with Gasteiger partial charge < -0.3 is 14.8 Å². The number of nitrogens with zero attached hydrogens (tertiary/aromatic N) is 3. The molecular weight excluding hydrogens is 419 g/mol. The number of nitrogens with two attached hydrogens (primary N) is 1. The molecule has 9 heteroatoms. The fraction of sp³-hybridized carbons (Fsp3) is 0.105. The number of hydrogen-bond acceptors (Lipinski definition) is 5. The summed E-state index contributed by atoms with van der Waals surface area (Å²) >= 11 is 13.8. The lowest BCUT2D eigenvalue weighted by molar-refractivity contribution is 0.0999. The first-order valence-electron chi connectivity index (χ1n) is 8.25. The zero-order chi connectivity index (χ0) is 19.8. The molecule has 0 bridgehead atoms. The van der Waals surface area contributed by atoms with Crippen molar-refractivity contribution in [2.24, 2.45) is 5.73 Å². The van der Waals surface area contributed by atoms with E-state index in [0.717, 1.165) is 17.0 Å². The molecule has 1 aromatic carbocycles. The van der Waals surface area contributed by atoms with Crippen LogP contribution in [0.5, 0.6) is 0 Å². The topological polar surface area (TPSA) is 86.9 Å². The summed E-state index contributed by atoms with van der Waals surface area (Å²) in [7, 11) is 0. The molecule has 0 aliphatic heterocycles. The maximum atomic E-state index is 11.9. The van der Waals surface area contributed by atoms with Gasteiger partial charge in [0.2, 0.25) is 0 Å². The van der Waals surface area contributed by atoms with Crippen LogP contribution >= 0.6 is 34.5 Å². The summed E-state index contributed by atoms with van der Waals surface area (Å²) in [6.07, 6.45) is 1.57. The van der Waals surface area contributed by atoms with Crippen molar-refractivity contribution in [3.63, 3.8) is 0 Å². The van der Waals surface area contributed by atoms with Crippen molar-refractivity contribution in [1.29, 1.82) is 0 Å². The van der Waals surface area contributed by atoms with Gasteiger partial charge in [-0.1, -0.05) is 34.4 Å². The Hall–Kier alpha value is -2.61. The van der Waals surface area contributed by atoms with Crippen LogP contribution in [0.4, 0.5) is 0 Å². The molecule has 4 aromatic rings. The van der Waals surface area contributed by atoms with Crippen LogP contribution in [0.2, 0.25) is 10.0 Å². The first kappa shape index (κ1) is 18.7. The van der Waals surface area contributed by atoms with E-state index in [1.165, 1.54) is 11.3 Å². The molecule has 2 N–H and O–H groups in total. The third-order valence-corrected chi connectivity index (χ3v) is 5.83. The smallest absolute Gasteiger partial charge is 0.250 e. The minimum absolute atomic E-state index is 0.439. The number of carbonyl (C=O) groups is 1. The van der Waals surface area contributed by atoms with E-state index in [1.54, 1.807) is 30.5 Å². The Balaban J connectivity index is 1.80. The average molecular weight is 433 g/mol. The zero-order valence-electron chi connectivity index (χ0n) is 14.6. The van der Waals surface area contributed by atoms with Crippen molar-refractivity contribution >= 4 is 40.4 Å². The van der Waals surface area contributed by atoms with Crippen molar-refractivity contribution in [3.8, 4) is 22.2 Å². The van der Waals surface area contributed by atoms with E-state index in [4.69, 9.17) is 33.5 Å². The molecule has 0 fully saturated rings. The van der Waals surface area contributed by atoms with Crippen LogP contribution in [0.1, 0.15) is 21.6 Å². The monoisotopic (exact) mass is 432 g/mol. The molecule has 1 amide bonds. The lowest BCUT2D eigenvalue weighted by Crippen LogP contribution is -2.13. The Labute approximate surface area is 174 Å². The molecule has 142 valence electrons. The second-order valence-electron chi connectivity index (χ2n) is 6.13. The summed E-state index contributed by atoms with van der Waals surface area (Å²) in [6, 6.07) is 8.83. The number of thiazole rings is 1. The summed E-state index contributed by atoms with van der Waals surface area (Å²) in [4.78, 5) is 16.5. The van der Waals surface area contributed by atoms with Crippen LogP contribution in [0.25, 0.3) is 22.2 Å². The average Bonchev–Trinajstić information content (AvgIpc) is 3.37. The molecule has 0 aliphatic rings. The molecule has 28 heavy (non-hydrogen) atoms. The normalized spacial score (nSPS) is 11.1. The highest BCUT2D eigenvalue weighted by molar-refractivity contribution is 7.13. The molecule has 0 saturated heterocycles. The quantitative estimate of drug-likeness (QED) is 0.478. The van der Waals surface area contributed by atoms with Gasteiger partial charge in [-0.2, -0.15) is 0 Å². The molecule has 6 nitrogen and oxygen atoms in total. The van der Waals surface area contributed by atoms with Crippen molar-refractivity contribution in [3.05, 3.63) is 68.8 Å². The highest BCUT2D eigenvalue weighted by Crippen LogP contribution is 2.32. The number of halogens is 2. The molecule has 0 aliphatic carbocycles. The largest absolute Gasteiger partial charge is 0.366 e. The lowest BCUT2D eigenvalue weighted by Gasteiger charge is -2.12. The number of aromatic nitrogens is 3. The second-order valence-corrected chi connectivity index (χ2v) is 7.83. The van der Waals surface area contributed by atoms with Crippen molar-refractivity contribution in [1.82, 2.24) is 14.7 Å². The van der Waals surface area contributed by atoms with Gasteiger partial charge in [-0.15, -0.1) is 11.3 Å². The Morgan fingerprint density at radius 2 is 2.11 bits per heavy atom. The maximum Gasteiger partial charge on any atom is 0.250 e. The molecule has 0 atom stereocenters. The molecule has 3 aromatic heterocycles. The minimum atomic E-state index is -0.495. The summed E-state index contributed by atoms with van der Waals surface area (Å²) in [5.41, 5.74) is 9.08. The molecule has 0 spiro atoms. The van der Waals surface area contributed by atoms with Gasteiger partial charge in [0, 0.05) is 33.7 Å². The van der Waals surface area contributed by atoms with Crippen LogP contribution in [0.15, 0.2) is 46.4 Å². The fourth-order valence-corrected chi connectivity index (χ4v) is 4.20. The minimum Gasteiger partial charge on any atom is -0.366 e. The molecule has 0 saturated carbocycles. The van der Waals surface area contributed by atoms with Crippen LogP contribution in [-0.4, -0.2) is 20.6 Å². The second kappa shape index (κ2) is 7.43. The van der Waals surface area contributed by atoms with Crippen molar-refractivity contribution in [2.75, 3.05) is 0 Å². The summed E-state index contributed by atoms with van der Waals surface area (Å²) in [6.45, 7) is 2.29. The summed E-state index contributed by atoms with van der Waals surface area (Å²) in [5, 5.41) is 7.42. The van der Waals surface area contributed by atoms with Crippen molar-refractivity contribution < 1.29 is 9.32 Å². The number of primary amides is 1. The van der Waals surface area contributed by atoms with Gasteiger partial charge in [0.15, 0.2) is 10.8 Å². The number of carbonyl (C=O) groups excluding carboxylic acids is 1. The predicted octanol–water partition coefficient (Wildman–Crippen LogP) is 5.03. The van der Waals surface area contributed by atoms with Gasteiger partial charge in [0.25, 0.3) is 5.91 Å². The Morgan fingerprint density at radius 3 is 2.79 bits per heavy atom. The number of hydrogen-bond donors (Lipinski definition) is 1. The first-order chi connectivity index (χ1) is 13.4. The number of amides is 1. The first-order valence-corrected chi connectivity index (χ1v) is 9.88. The SMILES string of the molecule is Cc1c(C(N)=O)cc(-c2csc(-c3ccno3)n2)n1Cc1ccc(Cl)cc1Cl. The van der Waals surface area contributed by atoms with Gasteiger partial charge in [-0.05, 0) is 30.7 Å². The van der Waals surface area contributed by atoms with Gasteiger partial charge >= 0.3 is 0 Å². The Kier molecular flexibility index (Phi) is 4.97. The van der Waals surface area contributed by atoms with E-state index in [2.05, 4.69) is 10.1 Å². The molecular formula is C19H14Cl2N4O2S. The van der Waals surface area contributed by atoms with E-state index in [9.17, 15) is 4.79 Å². The van der Waals surface area contributed by atoms with E-state index in [0.29, 0.717) is 38.6 Å². The zero-order valence-corrected chi connectivity index (χ0v) is 17.0. The molecule has 0 radical (unpaired) electrons. The van der Waals surface area contributed by atoms with Gasteiger partial charge in [0.1, 0.15) is 0 Å². The molecule has 0 unspecified atom stereocenters. The summed E-state index contributed by atoms with van der Waals surface area (Å²) < 4.78 is 7.14. The van der Waals surface area contributed by atoms with Crippen molar-refractivity contribution in [2.45, 2.75) is 13.5 Å².